The number of aliphatic hydroxyl groups excluding tert-OH is 3. The standard InChI is InChI=1S/C35H40ClF3N2O6S/c1-18-11-26(36)20(14-25(18)34-32(44)31(43)33(45)35(47-34)48-2)12-19-3-5-23(6-4-19)46-24-7-9-41(10-8-24)30(42)16-22(40)13-21-15-28(38)29(39)17-27(21)37/h3-6,11,14-15,17,22,24,31-35,43-45H,7-10,12-13,16,40H2,1-2H3/t22?,31-,32-,33+,34+,35-/m1/s1. The number of thioether (sulfide) groups is 1. The van der Waals surface area contributed by atoms with Gasteiger partial charge in [0.05, 0.1) is 0 Å². The van der Waals surface area contributed by atoms with E-state index in [9.17, 15) is 33.3 Å². The Bertz CT molecular complexity index is 1590. The molecule has 48 heavy (non-hydrogen) atoms. The monoisotopic (exact) mass is 708 g/mol. The Morgan fingerprint density at radius 2 is 1.67 bits per heavy atom. The summed E-state index contributed by atoms with van der Waals surface area (Å²) in [6, 6.07) is 11.8. The van der Waals surface area contributed by atoms with Crippen molar-refractivity contribution in [2.45, 2.75) is 81.0 Å². The number of carbonyl (C=O) groups is 1. The van der Waals surface area contributed by atoms with Crippen LogP contribution in [0.15, 0.2) is 48.5 Å². The van der Waals surface area contributed by atoms with Crippen LogP contribution in [0.4, 0.5) is 13.2 Å². The van der Waals surface area contributed by atoms with E-state index in [1.807, 2.05) is 43.3 Å². The van der Waals surface area contributed by atoms with E-state index in [2.05, 4.69) is 0 Å². The van der Waals surface area contributed by atoms with Crippen LogP contribution in [0.3, 0.4) is 0 Å². The van der Waals surface area contributed by atoms with Crippen molar-refractivity contribution in [2.75, 3.05) is 19.3 Å². The highest BCUT2D eigenvalue weighted by molar-refractivity contribution is 7.99. The molecule has 0 aliphatic carbocycles. The topological polar surface area (TPSA) is 125 Å². The van der Waals surface area contributed by atoms with Crippen LogP contribution in [0.5, 0.6) is 5.75 Å². The summed E-state index contributed by atoms with van der Waals surface area (Å²) in [7, 11) is 0. The van der Waals surface area contributed by atoms with Gasteiger partial charge in [-0.3, -0.25) is 4.79 Å². The second-order valence-electron chi connectivity index (χ2n) is 12.5. The summed E-state index contributed by atoms with van der Waals surface area (Å²) in [6.45, 7) is 2.79. The molecule has 2 aliphatic rings. The Morgan fingerprint density at radius 3 is 2.33 bits per heavy atom. The normalized spacial score (nSPS) is 24.0. The predicted octanol–water partition coefficient (Wildman–Crippen LogP) is 4.83. The van der Waals surface area contributed by atoms with E-state index in [-0.39, 0.29) is 30.4 Å². The summed E-state index contributed by atoms with van der Waals surface area (Å²) >= 11 is 7.87. The number of carbonyl (C=O) groups excluding carboxylic acids is 1. The van der Waals surface area contributed by atoms with E-state index < -0.39 is 53.3 Å². The Balaban J connectivity index is 1.13. The second kappa shape index (κ2) is 15.8. The zero-order valence-electron chi connectivity index (χ0n) is 26.6. The first-order chi connectivity index (χ1) is 22.8. The molecule has 13 heteroatoms. The van der Waals surface area contributed by atoms with Crippen LogP contribution in [0.1, 0.15) is 53.2 Å². The largest absolute Gasteiger partial charge is 0.490 e. The van der Waals surface area contributed by atoms with Gasteiger partial charge >= 0.3 is 0 Å². The highest BCUT2D eigenvalue weighted by atomic mass is 35.5. The van der Waals surface area contributed by atoms with Crippen LogP contribution in [-0.4, -0.2) is 81.4 Å². The van der Waals surface area contributed by atoms with Gasteiger partial charge < -0.3 is 35.4 Å². The average molecular weight is 709 g/mol. The minimum atomic E-state index is -1.35. The number of nitrogens with two attached hydrogens (primary N) is 1. The number of aliphatic hydroxyl groups is 3. The number of piperidine rings is 1. The van der Waals surface area contributed by atoms with Crippen molar-refractivity contribution in [1.29, 1.82) is 0 Å². The third-order valence-electron chi connectivity index (χ3n) is 8.97. The van der Waals surface area contributed by atoms with Gasteiger partial charge in [-0.05, 0) is 78.1 Å². The van der Waals surface area contributed by atoms with E-state index in [0.29, 0.717) is 54.8 Å². The summed E-state index contributed by atoms with van der Waals surface area (Å²) in [6.07, 6.45) is -1.44. The molecule has 2 heterocycles. The molecule has 2 aliphatic heterocycles. The molecule has 2 fully saturated rings. The number of likely N-dealkylation sites (tertiary alicyclic amines) is 1. The van der Waals surface area contributed by atoms with Crippen molar-refractivity contribution in [3.05, 3.63) is 98.8 Å². The molecule has 0 spiro atoms. The maximum atomic E-state index is 14.0. The fourth-order valence-electron chi connectivity index (χ4n) is 6.23. The first-order valence-corrected chi connectivity index (χ1v) is 17.4. The van der Waals surface area contributed by atoms with Crippen LogP contribution in [0.25, 0.3) is 0 Å². The maximum Gasteiger partial charge on any atom is 0.224 e. The first kappa shape index (κ1) is 36.4. The van der Waals surface area contributed by atoms with Crippen molar-refractivity contribution in [2.24, 2.45) is 5.73 Å². The smallest absolute Gasteiger partial charge is 0.224 e. The predicted molar refractivity (Wildman–Crippen MR) is 177 cm³/mol. The number of amides is 1. The fraction of sp³-hybridized carbons (Fsp3) is 0.457. The quantitative estimate of drug-likeness (QED) is 0.221. The lowest BCUT2D eigenvalue weighted by Crippen LogP contribution is -2.53. The van der Waals surface area contributed by atoms with Gasteiger partial charge in [0, 0.05) is 49.5 Å². The van der Waals surface area contributed by atoms with Crippen molar-refractivity contribution in [3.8, 4) is 5.75 Å². The lowest BCUT2D eigenvalue weighted by molar-refractivity contribution is -0.200. The molecule has 8 nitrogen and oxygen atoms in total. The Labute approximate surface area is 287 Å². The number of rotatable bonds is 10. The molecule has 5 rings (SSSR count). The Kier molecular flexibility index (Phi) is 12.0. The highest BCUT2D eigenvalue weighted by Crippen LogP contribution is 2.39. The van der Waals surface area contributed by atoms with Crippen molar-refractivity contribution >= 4 is 29.3 Å². The molecule has 0 saturated carbocycles. The lowest BCUT2D eigenvalue weighted by atomic mass is 9.90. The van der Waals surface area contributed by atoms with Crippen molar-refractivity contribution < 1.29 is 42.8 Å². The highest BCUT2D eigenvalue weighted by Gasteiger charge is 2.44. The number of ether oxygens (including phenoxy) is 2. The van der Waals surface area contributed by atoms with Gasteiger partial charge in [0.1, 0.15) is 47.5 Å². The SMILES string of the molecule is CS[C@H]1O[C@@H](c2cc(Cc3ccc(OC4CCN(C(=O)CC(N)Cc5cc(F)c(F)cc5F)CC4)cc3)c(Cl)cc2C)[C@H](O)[C@@H](O)[C@@H]1O. The molecule has 0 bridgehead atoms. The molecular weight excluding hydrogens is 669 g/mol. The molecule has 5 N–H and O–H groups in total. The summed E-state index contributed by atoms with van der Waals surface area (Å²) in [5.41, 5.74) is 8.56. The minimum Gasteiger partial charge on any atom is -0.490 e. The molecule has 260 valence electrons. The number of benzene rings is 3. The molecular formula is C35H40ClF3N2O6S. The summed E-state index contributed by atoms with van der Waals surface area (Å²) in [5.74, 6) is -2.83. The zero-order chi connectivity index (χ0) is 34.7. The number of nitrogens with zero attached hydrogens (tertiary/aromatic N) is 1. The second-order valence-corrected chi connectivity index (χ2v) is 13.8. The van der Waals surface area contributed by atoms with Gasteiger partial charge in [0.15, 0.2) is 11.6 Å². The number of hydrogen-bond donors (Lipinski definition) is 4. The minimum absolute atomic E-state index is 0.0460. The molecule has 3 aromatic carbocycles. The summed E-state index contributed by atoms with van der Waals surface area (Å²) in [4.78, 5) is 14.5. The van der Waals surface area contributed by atoms with Gasteiger partial charge in [0.25, 0.3) is 0 Å². The molecule has 3 aromatic rings. The van der Waals surface area contributed by atoms with Crippen LogP contribution < -0.4 is 10.5 Å². The fourth-order valence-corrected chi connectivity index (χ4v) is 7.18. The van der Waals surface area contributed by atoms with E-state index in [4.69, 9.17) is 26.8 Å². The van der Waals surface area contributed by atoms with Crippen LogP contribution >= 0.6 is 23.4 Å². The molecule has 1 unspecified atom stereocenters. The number of halogens is 4. The zero-order valence-corrected chi connectivity index (χ0v) is 28.2. The number of aryl methyl sites for hydroxylation is 1. The van der Waals surface area contributed by atoms with Gasteiger partial charge in [-0.1, -0.05) is 29.8 Å². The third-order valence-corrected chi connectivity index (χ3v) is 10.2. The van der Waals surface area contributed by atoms with E-state index in [0.717, 1.165) is 22.8 Å². The Hall–Kier alpha value is -2.84. The van der Waals surface area contributed by atoms with Gasteiger partial charge in [-0.2, -0.15) is 0 Å². The van der Waals surface area contributed by atoms with Crippen molar-refractivity contribution in [1.82, 2.24) is 4.90 Å². The first-order valence-electron chi connectivity index (χ1n) is 15.8. The van der Waals surface area contributed by atoms with Crippen LogP contribution in [0, 0.1) is 24.4 Å². The van der Waals surface area contributed by atoms with Gasteiger partial charge in [0.2, 0.25) is 5.91 Å². The Morgan fingerprint density at radius 1 is 1.00 bits per heavy atom. The van der Waals surface area contributed by atoms with E-state index in [1.54, 1.807) is 11.2 Å². The molecule has 6 atom stereocenters. The van der Waals surface area contributed by atoms with Crippen molar-refractivity contribution in [3.63, 3.8) is 0 Å². The lowest BCUT2D eigenvalue weighted by Gasteiger charge is -2.40. The van der Waals surface area contributed by atoms with E-state index in [1.165, 1.54) is 11.8 Å². The van der Waals surface area contributed by atoms with Crippen LogP contribution in [-0.2, 0) is 22.4 Å². The van der Waals surface area contributed by atoms with Gasteiger partial charge in [-0.15, -0.1) is 11.8 Å². The molecule has 0 radical (unpaired) electrons. The maximum absolute atomic E-state index is 14.0. The summed E-state index contributed by atoms with van der Waals surface area (Å²) in [5, 5.41) is 32.0. The molecule has 1 amide bonds. The third kappa shape index (κ3) is 8.47. The molecule has 2 saturated heterocycles. The van der Waals surface area contributed by atoms with E-state index >= 15 is 0 Å². The van der Waals surface area contributed by atoms with Gasteiger partial charge in [-0.25, -0.2) is 13.2 Å². The molecule has 0 aromatic heterocycles. The summed E-state index contributed by atoms with van der Waals surface area (Å²) < 4.78 is 52.9. The van der Waals surface area contributed by atoms with Crippen LogP contribution in [0.2, 0.25) is 5.02 Å². The average Bonchev–Trinajstić information content (AvgIpc) is 3.05. The number of hydrogen-bond acceptors (Lipinski definition) is 8.